The fourth-order valence-electron chi connectivity index (χ4n) is 2.80. The quantitative estimate of drug-likeness (QED) is 0.217. The van der Waals surface area contributed by atoms with Gasteiger partial charge in [0.2, 0.25) is 0 Å². The van der Waals surface area contributed by atoms with Crippen LogP contribution in [0.5, 0.6) is 5.75 Å². The maximum absolute atomic E-state index is 12.5. The monoisotopic (exact) mass is 447 g/mol. The van der Waals surface area contributed by atoms with Gasteiger partial charge < -0.3 is 10.1 Å². The lowest BCUT2D eigenvalue weighted by molar-refractivity contribution is -0.384. The van der Waals surface area contributed by atoms with Crippen LogP contribution in [0.1, 0.15) is 16.7 Å². The van der Waals surface area contributed by atoms with Crippen molar-refractivity contribution in [3.63, 3.8) is 0 Å². The van der Waals surface area contributed by atoms with Crippen molar-refractivity contribution in [3.05, 3.63) is 104 Å². The molecular weight excluding hydrogens is 430 g/mol. The molecule has 0 unspecified atom stereocenters. The summed E-state index contributed by atoms with van der Waals surface area (Å²) in [7, 11) is 0. The molecule has 0 radical (unpaired) electrons. The Morgan fingerprint density at radius 1 is 1.19 bits per heavy atom. The molecule has 1 N–H and O–H groups in total. The fraction of sp³-hybridized carbons (Fsp3) is 0.0833. The lowest BCUT2D eigenvalue weighted by Crippen LogP contribution is -2.14. The summed E-state index contributed by atoms with van der Waals surface area (Å²) in [4.78, 5) is 22.9. The molecule has 7 nitrogen and oxygen atoms in total. The Hall–Kier alpha value is -4.15. The smallest absolute Gasteiger partial charge is 0.271 e. The van der Waals surface area contributed by atoms with Crippen LogP contribution in [0.4, 0.5) is 11.4 Å². The molecule has 0 saturated heterocycles. The highest BCUT2D eigenvalue weighted by Gasteiger charge is 2.14. The Bertz CT molecular complexity index is 1230. The molecule has 0 aliphatic rings. The highest BCUT2D eigenvalue weighted by Crippen LogP contribution is 2.23. The summed E-state index contributed by atoms with van der Waals surface area (Å²) in [6.45, 7) is 2.01. The summed E-state index contributed by atoms with van der Waals surface area (Å²) >= 11 is 6.12. The molecule has 3 aromatic carbocycles. The van der Waals surface area contributed by atoms with Crippen LogP contribution in [-0.2, 0) is 11.4 Å². The zero-order chi connectivity index (χ0) is 23.1. The molecule has 0 saturated carbocycles. The third-order valence-corrected chi connectivity index (χ3v) is 4.96. The van der Waals surface area contributed by atoms with Crippen molar-refractivity contribution in [2.24, 2.45) is 0 Å². The van der Waals surface area contributed by atoms with E-state index in [1.165, 1.54) is 24.3 Å². The highest BCUT2D eigenvalue weighted by atomic mass is 35.5. The Kier molecular flexibility index (Phi) is 7.21. The van der Waals surface area contributed by atoms with Gasteiger partial charge in [-0.05, 0) is 42.3 Å². The van der Waals surface area contributed by atoms with Crippen molar-refractivity contribution >= 4 is 35.0 Å². The average Bonchev–Trinajstić information content (AvgIpc) is 2.79. The number of non-ortho nitro benzene ring substituents is 1. The molecular formula is C24H18ClN3O4. The Balaban J connectivity index is 1.70. The Labute approximate surface area is 189 Å². The first-order valence-electron chi connectivity index (χ1n) is 9.52. The number of ether oxygens (including phenoxy) is 1. The van der Waals surface area contributed by atoms with Crippen molar-refractivity contribution in [1.29, 1.82) is 5.26 Å². The van der Waals surface area contributed by atoms with E-state index in [0.717, 1.165) is 5.56 Å². The van der Waals surface area contributed by atoms with Gasteiger partial charge >= 0.3 is 0 Å². The molecule has 1 amide bonds. The van der Waals surface area contributed by atoms with Gasteiger partial charge in [0.1, 0.15) is 24.0 Å². The van der Waals surface area contributed by atoms with Gasteiger partial charge in [0.25, 0.3) is 11.6 Å². The molecule has 0 aliphatic carbocycles. The number of halogens is 1. The first-order valence-corrected chi connectivity index (χ1v) is 9.89. The van der Waals surface area contributed by atoms with E-state index in [2.05, 4.69) is 5.32 Å². The third-order valence-electron chi connectivity index (χ3n) is 4.59. The zero-order valence-corrected chi connectivity index (χ0v) is 17.8. The number of amides is 1. The number of nitrogens with zero attached hydrogens (tertiary/aromatic N) is 2. The molecule has 0 aliphatic heterocycles. The first kappa shape index (κ1) is 22.5. The predicted molar refractivity (Wildman–Crippen MR) is 122 cm³/mol. The number of carbonyl (C=O) groups is 1. The molecule has 32 heavy (non-hydrogen) atoms. The Morgan fingerprint density at radius 3 is 2.56 bits per heavy atom. The maximum Gasteiger partial charge on any atom is 0.271 e. The van der Waals surface area contributed by atoms with E-state index in [-0.39, 0.29) is 16.9 Å². The van der Waals surface area contributed by atoms with Gasteiger partial charge in [0.05, 0.1) is 10.6 Å². The number of hydrogen-bond acceptors (Lipinski definition) is 5. The molecule has 160 valence electrons. The van der Waals surface area contributed by atoms with Crippen molar-refractivity contribution in [1.82, 2.24) is 0 Å². The number of rotatable bonds is 7. The number of nitro benzene ring substituents is 1. The number of nitro groups is 1. The van der Waals surface area contributed by atoms with Gasteiger partial charge in [-0.25, -0.2) is 0 Å². The Morgan fingerprint density at radius 2 is 1.91 bits per heavy atom. The highest BCUT2D eigenvalue weighted by molar-refractivity contribution is 6.31. The topological polar surface area (TPSA) is 105 Å². The normalized spacial score (nSPS) is 10.8. The number of carbonyl (C=O) groups excluding carboxylic acids is 1. The van der Waals surface area contributed by atoms with Crippen molar-refractivity contribution < 1.29 is 14.5 Å². The minimum absolute atomic E-state index is 0.138. The second kappa shape index (κ2) is 10.2. The van der Waals surface area contributed by atoms with Gasteiger partial charge in [0, 0.05) is 22.7 Å². The molecule has 0 fully saturated rings. The molecule has 0 spiro atoms. The fourth-order valence-corrected chi connectivity index (χ4v) is 2.99. The van der Waals surface area contributed by atoms with E-state index in [9.17, 15) is 20.2 Å². The molecule has 0 atom stereocenters. The van der Waals surface area contributed by atoms with Crippen LogP contribution in [0.3, 0.4) is 0 Å². The molecule has 0 aromatic heterocycles. The van der Waals surface area contributed by atoms with Gasteiger partial charge in [-0.2, -0.15) is 5.26 Å². The van der Waals surface area contributed by atoms with Gasteiger partial charge in [-0.15, -0.1) is 0 Å². The van der Waals surface area contributed by atoms with Crippen molar-refractivity contribution in [2.75, 3.05) is 5.32 Å². The second-order valence-corrected chi connectivity index (χ2v) is 7.24. The molecule has 0 bridgehead atoms. The number of anilines is 1. The van der Waals surface area contributed by atoms with E-state index in [0.29, 0.717) is 28.5 Å². The van der Waals surface area contributed by atoms with E-state index in [4.69, 9.17) is 16.3 Å². The lowest BCUT2D eigenvalue weighted by Gasteiger charge is -2.09. The van der Waals surface area contributed by atoms with Crippen LogP contribution < -0.4 is 10.1 Å². The van der Waals surface area contributed by atoms with E-state index >= 15 is 0 Å². The number of hydrogen-bond donors (Lipinski definition) is 1. The van der Waals surface area contributed by atoms with Crippen molar-refractivity contribution in [2.45, 2.75) is 13.5 Å². The first-order chi connectivity index (χ1) is 15.4. The average molecular weight is 448 g/mol. The second-order valence-electron chi connectivity index (χ2n) is 6.83. The SMILES string of the molecule is Cc1ccc([N+](=O)[O-])cc1NC(=O)/C(C#N)=C/c1ccc(OCc2ccccc2Cl)cc1. The summed E-state index contributed by atoms with van der Waals surface area (Å²) in [5.74, 6) is -0.0487. The maximum atomic E-state index is 12.5. The van der Waals surface area contributed by atoms with Crippen LogP contribution in [-0.4, -0.2) is 10.8 Å². The van der Waals surface area contributed by atoms with Gasteiger partial charge in [-0.3, -0.25) is 14.9 Å². The largest absolute Gasteiger partial charge is 0.489 e. The summed E-state index contributed by atoms with van der Waals surface area (Å²) in [5, 5.41) is 23.6. The third kappa shape index (κ3) is 5.72. The summed E-state index contributed by atoms with van der Waals surface area (Å²) < 4.78 is 5.72. The molecule has 3 rings (SSSR count). The standard InChI is InChI=1S/C24H18ClN3O4/c1-16-6-9-20(28(30)31)13-23(16)27-24(29)19(14-26)12-17-7-10-21(11-8-17)32-15-18-4-2-3-5-22(18)25/h2-13H,15H2,1H3,(H,27,29)/b19-12+. The summed E-state index contributed by atoms with van der Waals surface area (Å²) in [6.07, 6.45) is 1.43. The van der Waals surface area contributed by atoms with Crippen LogP contribution >= 0.6 is 11.6 Å². The van der Waals surface area contributed by atoms with Crippen LogP contribution in [0, 0.1) is 28.4 Å². The van der Waals surface area contributed by atoms with Crippen LogP contribution in [0.15, 0.2) is 72.3 Å². The number of nitriles is 1. The van der Waals surface area contributed by atoms with Gasteiger partial charge in [0.15, 0.2) is 0 Å². The summed E-state index contributed by atoms with van der Waals surface area (Å²) in [6, 6.07) is 20.3. The molecule has 0 heterocycles. The molecule has 3 aromatic rings. The minimum atomic E-state index is -0.657. The van der Waals surface area contributed by atoms with Crippen molar-refractivity contribution in [3.8, 4) is 11.8 Å². The summed E-state index contributed by atoms with van der Waals surface area (Å²) in [5.41, 5.74) is 2.10. The van der Waals surface area contributed by atoms with E-state index in [1.807, 2.05) is 24.3 Å². The number of nitrogens with one attached hydrogen (secondary N) is 1. The minimum Gasteiger partial charge on any atom is -0.489 e. The molecule has 8 heteroatoms. The number of aryl methyl sites for hydroxylation is 1. The van der Waals surface area contributed by atoms with E-state index in [1.54, 1.807) is 37.3 Å². The van der Waals surface area contributed by atoms with Crippen LogP contribution in [0.2, 0.25) is 5.02 Å². The lowest BCUT2D eigenvalue weighted by atomic mass is 10.1. The van der Waals surface area contributed by atoms with Gasteiger partial charge in [-0.1, -0.05) is 48.0 Å². The predicted octanol–water partition coefficient (Wildman–Crippen LogP) is 5.68. The van der Waals surface area contributed by atoms with E-state index < -0.39 is 10.8 Å². The zero-order valence-electron chi connectivity index (χ0n) is 17.0. The van der Waals surface area contributed by atoms with Crippen LogP contribution in [0.25, 0.3) is 6.08 Å². The number of benzene rings is 3.